The fourth-order valence-corrected chi connectivity index (χ4v) is 3.84. The van der Waals surface area contributed by atoms with Crippen LogP contribution in [0.5, 0.6) is 0 Å². The Labute approximate surface area is 109 Å². The molecule has 0 aliphatic heterocycles. The van der Waals surface area contributed by atoms with Gasteiger partial charge in [0, 0.05) is 17.7 Å². The highest BCUT2D eigenvalue weighted by Crippen LogP contribution is 2.63. The van der Waals surface area contributed by atoms with Crippen molar-refractivity contribution in [3.8, 4) is 0 Å². The van der Waals surface area contributed by atoms with Gasteiger partial charge in [-0.2, -0.15) is 5.10 Å². The van der Waals surface area contributed by atoms with Gasteiger partial charge in [-0.3, -0.25) is 4.68 Å². The largest absolute Gasteiger partial charge is 0.393 e. The zero-order chi connectivity index (χ0) is 11.4. The fourth-order valence-electron chi connectivity index (χ4n) is 3.29. The molecule has 1 aromatic heterocycles. The third-order valence-corrected chi connectivity index (χ3v) is 4.51. The summed E-state index contributed by atoms with van der Waals surface area (Å²) in [5, 5.41) is 14.1. The highest BCUT2D eigenvalue weighted by atomic mass is 127. The van der Waals surface area contributed by atoms with E-state index in [4.69, 9.17) is 0 Å². The molecule has 0 spiro atoms. The highest BCUT2D eigenvalue weighted by molar-refractivity contribution is 14.1. The van der Waals surface area contributed by atoms with Crippen LogP contribution >= 0.6 is 22.6 Å². The Morgan fingerprint density at radius 3 is 2.62 bits per heavy atom. The second kappa shape index (κ2) is 3.70. The molecule has 88 valence electrons. The van der Waals surface area contributed by atoms with E-state index in [1.54, 1.807) is 0 Å². The van der Waals surface area contributed by atoms with Crippen LogP contribution < -0.4 is 0 Å². The summed E-state index contributed by atoms with van der Waals surface area (Å²) in [4.78, 5) is 0. The average molecular weight is 332 g/mol. The van der Waals surface area contributed by atoms with E-state index in [0.29, 0.717) is 12.0 Å². The molecular formula is C12H17IN2O. The van der Waals surface area contributed by atoms with Gasteiger partial charge in [-0.25, -0.2) is 0 Å². The molecule has 2 saturated carbocycles. The molecule has 1 heterocycles. The van der Waals surface area contributed by atoms with Crippen LogP contribution in [-0.4, -0.2) is 21.0 Å². The maximum absolute atomic E-state index is 9.55. The van der Waals surface area contributed by atoms with E-state index in [1.165, 1.54) is 5.69 Å². The standard InChI is InChI=1S/C12H17IN2O/c1-6(2)15-10(5-11(13)14-15)12-8-3-7(16)4-9(8)12/h5-9,12,16H,3-4H2,1-2H3. The highest BCUT2D eigenvalue weighted by Gasteiger charge is 2.57. The number of rotatable bonds is 2. The lowest BCUT2D eigenvalue weighted by molar-refractivity contribution is 0.165. The molecular weight excluding hydrogens is 315 g/mol. The molecule has 3 rings (SSSR count). The first kappa shape index (κ1) is 11.0. The summed E-state index contributed by atoms with van der Waals surface area (Å²) in [6.07, 6.45) is 1.95. The smallest absolute Gasteiger partial charge is 0.123 e. The predicted molar refractivity (Wildman–Crippen MR) is 70.3 cm³/mol. The summed E-state index contributed by atoms with van der Waals surface area (Å²) >= 11 is 2.29. The number of aromatic nitrogens is 2. The van der Waals surface area contributed by atoms with Crippen molar-refractivity contribution >= 4 is 22.6 Å². The Morgan fingerprint density at radius 2 is 2.06 bits per heavy atom. The molecule has 2 atom stereocenters. The van der Waals surface area contributed by atoms with Gasteiger partial charge in [0.15, 0.2) is 0 Å². The van der Waals surface area contributed by atoms with Crippen molar-refractivity contribution in [1.82, 2.24) is 9.78 Å². The summed E-state index contributed by atoms with van der Waals surface area (Å²) < 4.78 is 3.25. The van der Waals surface area contributed by atoms with Gasteiger partial charge < -0.3 is 5.11 Å². The maximum Gasteiger partial charge on any atom is 0.123 e. The van der Waals surface area contributed by atoms with Gasteiger partial charge in [0.2, 0.25) is 0 Å². The van der Waals surface area contributed by atoms with Crippen molar-refractivity contribution in [3.05, 3.63) is 15.5 Å². The molecule has 0 amide bonds. The Kier molecular flexibility index (Phi) is 2.55. The van der Waals surface area contributed by atoms with E-state index < -0.39 is 0 Å². The topological polar surface area (TPSA) is 38.0 Å². The number of aliphatic hydroxyl groups is 1. The lowest BCUT2D eigenvalue weighted by Crippen LogP contribution is -2.10. The van der Waals surface area contributed by atoms with E-state index in [-0.39, 0.29) is 6.10 Å². The number of aliphatic hydroxyl groups excluding tert-OH is 1. The van der Waals surface area contributed by atoms with Crippen LogP contribution in [0.4, 0.5) is 0 Å². The van der Waals surface area contributed by atoms with Crippen LogP contribution in [0.15, 0.2) is 6.07 Å². The lowest BCUT2D eigenvalue weighted by atomic mass is 10.1. The van der Waals surface area contributed by atoms with Crippen molar-refractivity contribution in [2.45, 2.75) is 44.8 Å². The molecule has 0 radical (unpaired) electrons. The van der Waals surface area contributed by atoms with Gasteiger partial charge in [0.1, 0.15) is 3.70 Å². The van der Waals surface area contributed by atoms with Gasteiger partial charge >= 0.3 is 0 Å². The number of halogens is 1. The molecule has 2 unspecified atom stereocenters. The number of hydrogen-bond acceptors (Lipinski definition) is 2. The van der Waals surface area contributed by atoms with Gasteiger partial charge in [-0.05, 0) is 67.2 Å². The minimum Gasteiger partial charge on any atom is -0.393 e. The second-order valence-electron chi connectivity index (χ2n) is 5.41. The Bertz CT molecular complexity index is 403. The average Bonchev–Trinajstić information content (AvgIpc) is 2.60. The summed E-state index contributed by atoms with van der Waals surface area (Å²) in [7, 11) is 0. The van der Waals surface area contributed by atoms with Crippen LogP contribution in [0.2, 0.25) is 0 Å². The van der Waals surface area contributed by atoms with Crippen LogP contribution in [0.1, 0.15) is 44.3 Å². The molecule has 3 nitrogen and oxygen atoms in total. The maximum atomic E-state index is 9.55. The zero-order valence-electron chi connectivity index (χ0n) is 9.60. The van der Waals surface area contributed by atoms with Crippen LogP contribution in [-0.2, 0) is 0 Å². The quantitative estimate of drug-likeness (QED) is 0.846. The van der Waals surface area contributed by atoms with Crippen molar-refractivity contribution in [2.75, 3.05) is 0 Å². The van der Waals surface area contributed by atoms with Crippen molar-refractivity contribution in [2.24, 2.45) is 11.8 Å². The van der Waals surface area contributed by atoms with E-state index in [0.717, 1.165) is 28.4 Å². The first-order chi connectivity index (χ1) is 7.58. The Balaban J connectivity index is 1.86. The summed E-state index contributed by atoms with van der Waals surface area (Å²) in [6, 6.07) is 2.65. The van der Waals surface area contributed by atoms with Gasteiger partial charge in [-0.1, -0.05) is 0 Å². The zero-order valence-corrected chi connectivity index (χ0v) is 11.8. The van der Waals surface area contributed by atoms with Crippen LogP contribution in [0.25, 0.3) is 0 Å². The first-order valence-electron chi connectivity index (χ1n) is 6.01. The summed E-state index contributed by atoms with van der Waals surface area (Å²) in [6.45, 7) is 4.36. The van der Waals surface area contributed by atoms with E-state index in [9.17, 15) is 5.11 Å². The monoisotopic (exact) mass is 332 g/mol. The molecule has 0 aromatic carbocycles. The van der Waals surface area contributed by atoms with E-state index >= 15 is 0 Å². The predicted octanol–water partition coefficient (Wildman–Crippen LogP) is 2.55. The van der Waals surface area contributed by atoms with Crippen molar-refractivity contribution in [1.29, 1.82) is 0 Å². The minimum atomic E-state index is -0.0410. The molecule has 16 heavy (non-hydrogen) atoms. The van der Waals surface area contributed by atoms with Crippen LogP contribution in [0, 0.1) is 15.5 Å². The number of fused-ring (bicyclic) bond motifs is 1. The van der Waals surface area contributed by atoms with Gasteiger partial charge in [0.05, 0.1) is 6.10 Å². The van der Waals surface area contributed by atoms with Gasteiger partial charge in [0.25, 0.3) is 0 Å². The molecule has 0 bridgehead atoms. The second-order valence-corrected chi connectivity index (χ2v) is 6.51. The molecule has 1 aromatic rings. The van der Waals surface area contributed by atoms with Crippen molar-refractivity contribution < 1.29 is 5.11 Å². The molecule has 2 aliphatic carbocycles. The molecule has 4 heteroatoms. The third-order valence-electron chi connectivity index (χ3n) is 3.99. The summed E-state index contributed by atoms with van der Waals surface area (Å²) in [5.41, 5.74) is 1.39. The Hall–Kier alpha value is -0.100. The molecule has 1 N–H and O–H groups in total. The molecule has 2 aliphatic rings. The van der Waals surface area contributed by atoms with Crippen LogP contribution in [0.3, 0.4) is 0 Å². The SMILES string of the molecule is CC(C)n1nc(I)cc1C1C2CC(O)CC21. The summed E-state index contributed by atoms with van der Waals surface area (Å²) in [5.74, 6) is 2.11. The molecule has 0 saturated heterocycles. The number of nitrogens with zero attached hydrogens (tertiary/aromatic N) is 2. The normalized spacial score (nSPS) is 36.8. The lowest BCUT2D eigenvalue weighted by Gasteiger charge is -2.13. The van der Waals surface area contributed by atoms with Gasteiger partial charge in [-0.15, -0.1) is 0 Å². The van der Waals surface area contributed by atoms with Crippen molar-refractivity contribution in [3.63, 3.8) is 0 Å². The molecule has 2 fully saturated rings. The van der Waals surface area contributed by atoms with E-state index in [1.807, 2.05) is 0 Å². The Morgan fingerprint density at radius 1 is 1.44 bits per heavy atom. The fraction of sp³-hybridized carbons (Fsp3) is 0.750. The van der Waals surface area contributed by atoms with E-state index in [2.05, 4.69) is 52.3 Å². The number of hydrogen-bond donors (Lipinski definition) is 1. The third kappa shape index (κ3) is 1.61. The minimum absolute atomic E-state index is 0.0410. The first-order valence-corrected chi connectivity index (χ1v) is 7.09.